The van der Waals surface area contributed by atoms with Crippen molar-refractivity contribution in [3.8, 4) is 0 Å². The molecule has 2 aromatic rings. The minimum Gasteiger partial charge on any atom is -0.391 e. The van der Waals surface area contributed by atoms with Crippen LogP contribution in [0.3, 0.4) is 0 Å². The molecule has 0 saturated heterocycles. The molecule has 0 aliphatic heterocycles. The molecule has 1 aromatic carbocycles. The van der Waals surface area contributed by atoms with Crippen LogP contribution in [-0.2, 0) is 11.2 Å². The molecule has 7 heteroatoms. The molecule has 4 rings (SSSR count). The van der Waals surface area contributed by atoms with Gasteiger partial charge in [0.25, 0.3) is 5.91 Å². The number of hydrogen-bond donors (Lipinski definition) is 4. The first-order valence-electron chi connectivity index (χ1n) is 13.8. The van der Waals surface area contributed by atoms with E-state index in [-0.39, 0.29) is 24.2 Å². The number of carbonyl (C=O) groups is 2. The zero-order valence-electron chi connectivity index (χ0n) is 22.0. The molecular formula is C30H41N3O4. The van der Waals surface area contributed by atoms with Crippen molar-refractivity contribution in [3.63, 3.8) is 0 Å². The molecule has 200 valence electrons. The topological polar surface area (TPSA) is 112 Å². The number of fused-ring (bicyclic) bond motifs is 1. The lowest BCUT2D eigenvalue weighted by Crippen LogP contribution is -2.48. The highest BCUT2D eigenvalue weighted by Crippen LogP contribution is 2.33. The smallest absolute Gasteiger partial charge is 0.270 e. The van der Waals surface area contributed by atoms with Gasteiger partial charge in [-0.1, -0.05) is 76.3 Å². The number of aromatic nitrogens is 1. The highest BCUT2D eigenvalue weighted by atomic mass is 16.3. The van der Waals surface area contributed by atoms with Gasteiger partial charge in [0.2, 0.25) is 5.91 Å². The lowest BCUT2D eigenvalue weighted by atomic mass is 9.81. The lowest BCUT2D eigenvalue weighted by molar-refractivity contribution is -0.129. The zero-order chi connectivity index (χ0) is 26.4. The van der Waals surface area contributed by atoms with E-state index < -0.39 is 30.2 Å². The van der Waals surface area contributed by atoms with E-state index in [1.54, 1.807) is 24.4 Å². The van der Waals surface area contributed by atoms with Gasteiger partial charge in [-0.05, 0) is 47.9 Å². The maximum absolute atomic E-state index is 13.5. The van der Waals surface area contributed by atoms with Gasteiger partial charge >= 0.3 is 0 Å². The fraction of sp³-hybridized carbons (Fsp3) is 0.567. The van der Waals surface area contributed by atoms with Crippen LogP contribution in [0.15, 0.2) is 48.7 Å². The van der Waals surface area contributed by atoms with Crippen LogP contribution in [0.1, 0.15) is 86.5 Å². The number of aliphatic hydroxyl groups is 2. The number of benzene rings is 1. The molecule has 0 spiro atoms. The van der Waals surface area contributed by atoms with E-state index in [2.05, 4.69) is 15.6 Å². The minimum atomic E-state index is -0.881. The summed E-state index contributed by atoms with van der Waals surface area (Å²) in [5.41, 5.74) is 2.31. The van der Waals surface area contributed by atoms with Crippen molar-refractivity contribution < 1.29 is 19.8 Å². The molecule has 0 radical (unpaired) electrons. The molecule has 0 bridgehead atoms. The van der Waals surface area contributed by atoms with E-state index >= 15 is 0 Å². The Morgan fingerprint density at radius 1 is 1.05 bits per heavy atom. The van der Waals surface area contributed by atoms with Crippen molar-refractivity contribution in [2.24, 2.45) is 17.8 Å². The Morgan fingerprint density at radius 2 is 1.78 bits per heavy atom. The Labute approximate surface area is 220 Å². The first kappa shape index (κ1) is 27.3. The molecule has 5 atom stereocenters. The molecule has 37 heavy (non-hydrogen) atoms. The van der Waals surface area contributed by atoms with Crippen molar-refractivity contribution in [3.05, 3.63) is 65.5 Å². The third-order valence-electron chi connectivity index (χ3n) is 8.13. The molecule has 7 nitrogen and oxygen atoms in total. The second kappa shape index (κ2) is 12.7. The first-order chi connectivity index (χ1) is 17.8. The molecule has 1 saturated carbocycles. The summed E-state index contributed by atoms with van der Waals surface area (Å²) in [5, 5.41) is 28.1. The van der Waals surface area contributed by atoms with E-state index in [1.807, 2.05) is 38.1 Å². The van der Waals surface area contributed by atoms with E-state index in [4.69, 9.17) is 0 Å². The van der Waals surface area contributed by atoms with Gasteiger partial charge in [-0.2, -0.15) is 0 Å². The summed E-state index contributed by atoms with van der Waals surface area (Å²) >= 11 is 0. The van der Waals surface area contributed by atoms with Crippen LogP contribution in [0.4, 0.5) is 0 Å². The number of hydrogen-bond acceptors (Lipinski definition) is 5. The summed E-state index contributed by atoms with van der Waals surface area (Å²) in [4.78, 5) is 30.6. The maximum atomic E-state index is 13.5. The number of nitrogens with zero attached hydrogens (tertiary/aromatic N) is 1. The monoisotopic (exact) mass is 507 g/mol. The molecule has 0 unspecified atom stereocenters. The Balaban J connectivity index is 1.46. The van der Waals surface area contributed by atoms with Crippen molar-refractivity contribution in [2.45, 2.75) is 89.5 Å². The lowest BCUT2D eigenvalue weighted by Gasteiger charge is -2.33. The van der Waals surface area contributed by atoms with Gasteiger partial charge in [-0.15, -0.1) is 0 Å². The summed E-state index contributed by atoms with van der Waals surface area (Å²) in [5.74, 6) is -0.534. The van der Waals surface area contributed by atoms with Crippen LogP contribution in [-0.4, -0.2) is 45.3 Å². The van der Waals surface area contributed by atoms with Gasteiger partial charge in [-0.25, -0.2) is 0 Å². The molecule has 1 fully saturated rings. The summed E-state index contributed by atoms with van der Waals surface area (Å²) in [6.07, 6.45) is 7.21. The molecule has 1 heterocycles. The van der Waals surface area contributed by atoms with Crippen molar-refractivity contribution in [1.82, 2.24) is 15.6 Å². The van der Waals surface area contributed by atoms with Gasteiger partial charge in [0, 0.05) is 18.5 Å². The number of rotatable bonds is 10. The van der Waals surface area contributed by atoms with Crippen molar-refractivity contribution >= 4 is 11.8 Å². The first-order valence-corrected chi connectivity index (χ1v) is 13.8. The molecular weight excluding hydrogens is 466 g/mol. The second-order valence-electron chi connectivity index (χ2n) is 11.1. The van der Waals surface area contributed by atoms with E-state index in [1.165, 1.54) is 19.3 Å². The average molecular weight is 508 g/mol. The standard InChI is InChI=1S/C30H41N3O4/c1-19(2)23(29(36)33-28-22-13-7-6-12-21(22)17-27(28)35)18-26(34)25(16-20-10-4-3-5-11-20)32-30(37)24-14-8-9-15-31-24/h6-9,12-15,19-20,23,25-28,34-35H,3-5,10-11,16-18H2,1-2H3,(H,32,37)(H,33,36)/t23-,25-,26-,27+,28-/m0/s1. The molecule has 2 aliphatic carbocycles. The average Bonchev–Trinajstić information content (AvgIpc) is 3.22. The zero-order valence-corrected chi connectivity index (χ0v) is 22.0. The number of aliphatic hydroxyl groups excluding tert-OH is 2. The normalized spacial score (nSPS) is 22.2. The Hall–Kier alpha value is -2.77. The van der Waals surface area contributed by atoms with Crippen LogP contribution in [0.5, 0.6) is 0 Å². The summed E-state index contributed by atoms with van der Waals surface area (Å²) in [7, 11) is 0. The summed E-state index contributed by atoms with van der Waals surface area (Å²) in [6, 6.07) is 12.1. The number of nitrogens with one attached hydrogen (secondary N) is 2. The highest BCUT2D eigenvalue weighted by Gasteiger charge is 2.36. The summed E-state index contributed by atoms with van der Waals surface area (Å²) < 4.78 is 0. The van der Waals surface area contributed by atoms with Crippen molar-refractivity contribution in [2.75, 3.05) is 0 Å². The number of pyridine rings is 1. The fourth-order valence-electron chi connectivity index (χ4n) is 5.95. The van der Waals surface area contributed by atoms with Crippen LogP contribution in [0, 0.1) is 17.8 Å². The minimum absolute atomic E-state index is 0.0229. The van der Waals surface area contributed by atoms with Gasteiger partial charge in [0.05, 0.1) is 24.3 Å². The molecule has 4 N–H and O–H groups in total. The van der Waals surface area contributed by atoms with Gasteiger partial charge in [0.15, 0.2) is 0 Å². The molecule has 1 aromatic heterocycles. The predicted octanol–water partition coefficient (Wildman–Crippen LogP) is 3.95. The third kappa shape index (κ3) is 6.96. The van der Waals surface area contributed by atoms with Crippen LogP contribution >= 0.6 is 0 Å². The Bertz CT molecular complexity index is 1040. The highest BCUT2D eigenvalue weighted by molar-refractivity contribution is 5.92. The largest absolute Gasteiger partial charge is 0.391 e. The maximum Gasteiger partial charge on any atom is 0.270 e. The Morgan fingerprint density at radius 3 is 2.49 bits per heavy atom. The van der Waals surface area contributed by atoms with E-state index in [0.717, 1.165) is 24.0 Å². The SMILES string of the molecule is CC(C)[C@H](C[C@H](O)[C@H](CC1CCCCC1)NC(=O)c1ccccn1)C(=O)N[C@H]1c2ccccc2C[C@H]1O. The quantitative estimate of drug-likeness (QED) is 0.389. The van der Waals surface area contributed by atoms with Gasteiger partial charge in [-0.3, -0.25) is 14.6 Å². The van der Waals surface area contributed by atoms with Crippen LogP contribution in [0.2, 0.25) is 0 Å². The second-order valence-corrected chi connectivity index (χ2v) is 11.1. The van der Waals surface area contributed by atoms with E-state index in [0.29, 0.717) is 24.5 Å². The van der Waals surface area contributed by atoms with Gasteiger partial charge in [0.1, 0.15) is 5.69 Å². The van der Waals surface area contributed by atoms with Crippen LogP contribution < -0.4 is 10.6 Å². The predicted molar refractivity (Wildman–Crippen MR) is 143 cm³/mol. The molecule has 2 amide bonds. The summed E-state index contributed by atoms with van der Waals surface area (Å²) in [6.45, 7) is 3.94. The van der Waals surface area contributed by atoms with Crippen molar-refractivity contribution in [1.29, 1.82) is 0 Å². The third-order valence-corrected chi connectivity index (χ3v) is 8.13. The van der Waals surface area contributed by atoms with Crippen LogP contribution in [0.25, 0.3) is 0 Å². The Kier molecular flexibility index (Phi) is 9.33. The number of carbonyl (C=O) groups excluding carboxylic acids is 2. The van der Waals surface area contributed by atoms with Gasteiger partial charge < -0.3 is 20.8 Å². The molecule has 2 aliphatic rings. The number of amides is 2. The van der Waals surface area contributed by atoms with E-state index in [9.17, 15) is 19.8 Å². The fourth-order valence-corrected chi connectivity index (χ4v) is 5.95.